The number of hydrogen-bond donors (Lipinski definition) is 12. The largest absolute Gasteiger partial charge is 0.394 e. The minimum atomic E-state index is -1.98. The molecule has 0 aromatic carbocycles. The lowest BCUT2D eigenvalue weighted by Gasteiger charge is -2.48. The second kappa shape index (κ2) is 59.4. The average Bonchev–Trinajstić information content (AvgIpc) is 0.790. The lowest BCUT2D eigenvalue weighted by molar-refractivity contribution is -0.379. The second-order valence-electron chi connectivity index (χ2n) is 28.5. The summed E-state index contributed by atoms with van der Waals surface area (Å²) in [6.45, 7) is 1.76. The number of carbonyl (C=O) groups is 1. The number of amides is 1. The summed E-state index contributed by atoms with van der Waals surface area (Å²) in [5.41, 5.74) is 0. The number of rotatable bonds is 63. The van der Waals surface area contributed by atoms with Gasteiger partial charge in [0.05, 0.1) is 38.6 Å². The maximum atomic E-state index is 13.5. The van der Waals surface area contributed by atoms with Gasteiger partial charge >= 0.3 is 0 Å². The Morgan fingerprint density at radius 2 is 0.660 bits per heavy atom. The van der Waals surface area contributed by atoms with Crippen LogP contribution in [0.25, 0.3) is 0 Å². The van der Waals surface area contributed by atoms with Crippen LogP contribution in [0.15, 0.2) is 36.5 Å². The first-order chi connectivity index (χ1) is 47.3. The van der Waals surface area contributed by atoms with Gasteiger partial charge < -0.3 is 89.9 Å². The molecule has 0 aliphatic carbocycles. The van der Waals surface area contributed by atoms with Crippen molar-refractivity contribution in [2.24, 2.45) is 0 Å². The highest BCUT2D eigenvalue weighted by Gasteiger charge is 2.53. The molecule has 0 saturated carbocycles. The van der Waals surface area contributed by atoms with Crippen molar-refractivity contribution in [1.29, 1.82) is 0 Å². The fourth-order valence-corrected chi connectivity index (χ4v) is 13.5. The summed E-state index contributed by atoms with van der Waals surface area (Å²) in [6, 6.07) is -0.996. The van der Waals surface area contributed by atoms with E-state index in [4.69, 9.17) is 28.4 Å². The van der Waals surface area contributed by atoms with Gasteiger partial charge in [-0.2, -0.15) is 0 Å². The predicted octanol–water partition coefficient (Wildman–Crippen LogP) is 12.7. The maximum absolute atomic E-state index is 13.5. The molecular weight excluding hydrogens is 1240 g/mol. The van der Waals surface area contributed by atoms with E-state index in [0.717, 1.165) is 44.9 Å². The summed E-state index contributed by atoms with van der Waals surface area (Å²) in [6.07, 6.45) is 45.7. The first-order valence-electron chi connectivity index (χ1n) is 39.7. The van der Waals surface area contributed by atoms with Crippen molar-refractivity contribution < 1.29 is 89.4 Å². The van der Waals surface area contributed by atoms with Crippen LogP contribution in [0.1, 0.15) is 322 Å². The van der Waals surface area contributed by atoms with Gasteiger partial charge in [0.1, 0.15) is 73.2 Å². The third kappa shape index (κ3) is 40.0. The topological polar surface area (TPSA) is 307 Å². The van der Waals surface area contributed by atoms with Gasteiger partial charge in [-0.25, -0.2) is 0 Å². The van der Waals surface area contributed by atoms with E-state index in [0.29, 0.717) is 12.8 Å². The Balaban J connectivity index is 1.40. The third-order valence-electron chi connectivity index (χ3n) is 19.9. The number of aliphatic hydroxyl groups is 11. The van der Waals surface area contributed by atoms with Crippen molar-refractivity contribution in [3.8, 4) is 0 Å². The van der Waals surface area contributed by atoms with E-state index in [9.17, 15) is 61.0 Å². The van der Waals surface area contributed by atoms with Crippen LogP contribution in [0.3, 0.4) is 0 Å². The predicted molar refractivity (Wildman–Crippen MR) is 383 cm³/mol. The molecule has 3 aliphatic rings. The van der Waals surface area contributed by atoms with Gasteiger partial charge in [0.25, 0.3) is 0 Å². The van der Waals surface area contributed by atoms with E-state index >= 15 is 0 Å². The SMILES string of the molecule is CCCCCCCCCCCCCCCCC/C=C/CC/C=C/CC/C=C/C(O)C(COC1OC(CO)C(OC2OC(CO)C(OC3OC(CO)C(O)C(O)C3O)C(O)C2O)C(O)C1O)NC(=O)CCCCCCCCCCCCCCCCCCCCCCCCCCCCC. The lowest BCUT2D eigenvalue weighted by Crippen LogP contribution is -2.66. The van der Waals surface area contributed by atoms with Crippen molar-refractivity contribution in [3.63, 3.8) is 0 Å². The number of nitrogens with one attached hydrogen (secondary N) is 1. The fraction of sp³-hybridized carbons (Fsp3) is 0.910. The smallest absolute Gasteiger partial charge is 0.220 e. The first kappa shape index (κ1) is 89.2. The molecular formula is C78H145NO18. The van der Waals surface area contributed by atoms with Crippen molar-refractivity contribution in [3.05, 3.63) is 36.5 Å². The van der Waals surface area contributed by atoms with Crippen LogP contribution in [0.5, 0.6) is 0 Å². The highest BCUT2D eigenvalue weighted by molar-refractivity contribution is 5.76. The number of carbonyl (C=O) groups excluding carboxylic acids is 1. The summed E-state index contributed by atoms with van der Waals surface area (Å²) in [7, 11) is 0. The van der Waals surface area contributed by atoms with Crippen LogP contribution in [0, 0.1) is 0 Å². The molecule has 3 heterocycles. The standard InChI is InChI=1S/C78H145NO18/c1-3-5-7-9-11-13-15-17-19-21-23-25-27-29-30-32-34-36-38-40-42-44-46-48-50-52-54-56-66(84)79-61(62(83)55-53-51-49-47-45-43-41-39-37-35-33-31-28-26-24-22-20-18-16-14-12-10-8-6-4-2)60-92-76-72(90)69(87)74(64(58-81)94-76)97-78-73(91)70(88)75(65(59-82)95-78)96-77-71(89)68(86)67(85)63(57-80)93-77/h37,39,45,47,53,55,61-65,67-78,80-83,85-91H,3-36,38,40-44,46,48-52,54,56-60H2,1-2H3,(H,79,84)/b39-37+,47-45+,55-53+. The van der Waals surface area contributed by atoms with Crippen molar-refractivity contribution >= 4 is 5.91 Å². The Morgan fingerprint density at radius 3 is 1.03 bits per heavy atom. The Bertz CT molecular complexity index is 1900. The lowest BCUT2D eigenvalue weighted by atomic mass is 9.96. The zero-order chi connectivity index (χ0) is 70.4. The van der Waals surface area contributed by atoms with Gasteiger partial charge in [0.15, 0.2) is 18.9 Å². The zero-order valence-electron chi connectivity index (χ0n) is 60.8. The molecule has 0 aromatic rings. The van der Waals surface area contributed by atoms with Gasteiger partial charge in [-0.05, 0) is 44.9 Å². The highest BCUT2D eigenvalue weighted by Crippen LogP contribution is 2.33. The van der Waals surface area contributed by atoms with Crippen LogP contribution in [-0.4, -0.2) is 193 Å². The average molecular weight is 1390 g/mol. The van der Waals surface area contributed by atoms with E-state index in [1.165, 1.54) is 244 Å². The molecule has 19 nitrogen and oxygen atoms in total. The van der Waals surface area contributed by atoms with Crippen LogP contribution < -0.4 is 5.32 Å². The van der Waals surface area contributed by atoms with E-state index in [1.54, 1.807) is 6.08 Å². The van der Waals surface area contributed by atoms with Crippen molar-refractivity contribution in [2.75, 3.05) is 26.4 Å². The van der Waals surface area contributed by atoms with Crippen molar-refractivity contribution in [1.82, 2.24) is 5.32 Å². The molecule has 3 rings (SSSR count). The molecule has 97 heavy (non-hydrogen) atoms. The summed E-state index contributed by atoms with van der Waals surface area (Å²) < 4.78 is 34.4. The second-order valence-corrected chi connectivity index (χ2v) is 28.5. The molecule has 0 bridgehead atoms. The quantitative estimate of drug-likeness (QED) is 0.0199. The van der Waals surface area contributed by atoms with Crippen LogP contribution in [0.4, 0.5) is 0 Å². The number of unbranched alkanes of at least 4 members (excludes halogenated alkanes) is 43. The minimum absolute atomic E-state index is 0.236. The molecule has 12 N–H and O–H groups in total. The van der Waals surface area contributed by atoms with E-state index in [1.807, 2.05) is 6.08 Å². The van der Waals surface area contributed by atoms with Gasteiger partial charge in [-0.3, -0.25) is 4.79 Å². The Kier molecular flexibility index (Phi) is 54.6. The van der Waals surface area contributed by atoms with Gasteiger partial charge in [0.2, 0.25) is 5.91 Å². The third-order valence-corrected chi connectivity index (χ3v) is 19.9. The maximum Gasteiger partial charge on any atom is 0.220 e. The number of ether oxygens (including phenoxy) is 6. The normalized spacial score (nSPS) is 27.0. The van der Waals surface area contributed by atoms with Gasteiger partial charge in [0, 0.05) is 6.42 Å². The molecule has 0 spiro atoms. The van der Waals surface area contributed by atoms with Crippen LogP contribution in [0.2, 0.25) is 0 Å². The fourth-order valence-electron chi connectivity index (χ4n) is 13.5. The summed E-state index contributed by atoms with van der Waals surface area (Å²) >= 11 is 0. The van der Waals surface area contributed by atoms with E-state index < -0.39 is 124 Å². The zero-order valence-corrected chi connectivity index (χ0v) is 60.8. The number of aliphatic hydroxyl groups excluding tert-OH is 11. The van der Waals surface area contributed by atoms with Crippen LogP contribution in [-0.2, 0) is 33.2 Å². The van der Waals surface area contributed by atoms with Gasteiger partial charge in [-0.1, -0.05) is 307 Å². The van der Waals surface area contributed by atoms with E-state index in [2.05, 4.69) is 43.5 Å². The molecule has 17 unspecified atom stereocenters. The molecule has 19 heteroatoms. The first-order valence-corrected chi connectivity index (χ1v) is 39.7. The minimum Gasteiger partial charge on any atom is -0.394 e. The molecule has 0 radical (unpaired) electrons. The molecule has 570 valence electrons. The Labute approximate surface area is 587 Å². The summed E-state index contributed by atoms with van der Waals surface area (Å²) in [5, 5.41) is 121. The number of hydrogen-bond acceptors (Lipinski definition) is 18. The molecule has 1 amide bonds. The van der Waals surface area contributed by atoms with E-state index in [-0.39, 0.29) is 18.9 Å². The van der Waals surface area contributed by atoms with Crippen molar-refractivity contribution in [2.45, 2.75) is 426 Å². The highest BCUT2D eigenvalue weighted by atomic mass is 16.8. The molecule has 0 aromatic heterocycles. The summed E-state index contributed by atoms with van der Waals surface area (Å²) in [4.78, 5) is 13.5. The summed E-state index contributed by atoms with van der Waals surface area (Å²) in [5.74, 6) is -0.283. The molecule has 3 fully saturated rings. The van der Waals surface area contributed by atoms with Crippen LogP contribution >= 0.6 is 0 Å². The Morgan fingerprint density at radius 1 is 0.361 bits per heavy atom. The monoisotopic (exact) mass is 1380 g/mol. The molecule has 17 atom stereocenters. The molecule has 3 saturated heterocycles. The molecule has 3 aliphatic heterocycles. The Hall–Kier alpha value is -1.99. The van der Waals surface area contributed by atoms with Gasteiger partial charge in [-0.15, -0.1) is 0 Å². The number of allylic oxidation sites excluding steroid dienone is 5.